The second-order valence-electron chi connectivity index (χ2n) is 12.7. The van der Waals surface area contributed by atoms with Gasteiger partial charge >= 0.3 is 119 Å². The van der Waals surface area contributed by atoms with E-state index in [1.54, 1.807) is 0 Å². The number of halogens is 44. The van der Waals surface area contributed by atoms with Crippen LogP contribution < -0.4 is 0 Å². The van der Waals surface area contributed by atoms with Gasteiger partial charge in [-0.05, 0) is 0 Å². The van der Waals surface area contributed by atoms with Gasteiger partial charge in [-0.1, -0.05) is 0 Å². The van der Waals surface area contributed by atoms with Crippen molar-refractivity contribution in [2.75, 3.05) is 0 Å². The summed E-state index contributed by atoms with van der Waals surface area (Å²) in [5.74, 6) is -107. The third kappa shape index (κ3) is 5.76. The fourth-order valence-electron chi connectivity index (χ4n) is 5.44. The third-order valence-corrected chi connectivity index (χ3v) is 9.05. The zero-order valence-corrected chi connectivity index (χ0v) is 27.6. The fraction of sp³-hybridized carbons (Fsp3) is 1.00. The molecule has 0 bridgehead atoms. The lowest BCUT2D eigenvalue weighted by Gasteiger charge is -2.60. The molecule has 0 aromatic heterocycles. The molecule has 0 nitrogen and oxygen atoms in total. The molecule has 0 amide bonds. The quantitative estimate of drug-likeness (QED) is 0.241. The van der Waals surface area contributed by atoms with Crippen LogP contribution in [0.2, 0.25) is 0 Å². The topological polar surface area (TPSA) is 0 Å². The summed E-state index contributed by atoms with van der Waals surface area (Å²) >= 11 is 0. The van der Waals surface area contributed by atoms with Crippen molar-refractivity contribution < 1.29 is 193 Å². The summed E-state index contributed by atoms with van der Waals surface area (Å²) in [7, 11) is 0. The molecule has 0 spiro atoms. The van der Waals surface area contributed by atoms with Crippen molar-refractivity contribution in [2.45, 2.75) is 130 Å². The van der Waals surface area contributed by atoms with Gasteiger partial charge in [0.1, 0.15) is 0 Å². The molecule has 2 atom stereocenters. The van der Waals surface area contributed by atoms with Crippen molar-refractivity contribution in [1.29, 1.82) is 0 Å². The van der Waals surface area contributed by atoms with Crippen LogP contribution in [-0.4, -0.2) is 130 Å². The minimum Gasteiger partial charge on any atom is -0.226 e. The fourth-order valence-corrected chi connectivity index (χ4v) is 5.44. The lowest BCUT2D eigenvalue weighted by Crippen LogP contribution is -2.96. The maximum absolute atomic E-state index is 14.5. The molecule has 0 aromatic rings. The second-order valence-corrected chi connectivity index (χ2v) is 12.7. The molecule has 0 aliphatic heterocycles. The van der Waals surface area contributed by atoms with E-state index in [0.717, 1.165) is 0 Å². The Morgan fingerprint density at radius 1 is 0.167 bits per heavy atom. The van der Waals surface area contributed by atoms with Crippen molar-refractivity contribution in [1.82, 2.24) is 0 Å². The largest absolute Gasteiger partial charge is 0.460 e. The predicted octanol–water partition coefficient (Wildman–Crippen LogP) is 14.0. The van der Waals surface area contributed by atoms with E-state index in [1.165, 1.54) is 0 Å². The van der Waals surface area contributed by atoms with Gasteiger partial charge in [-0.25, -0.2) is 22.0 Å². The smallest absolute Gasteiger partial charge is 0.226 e. The van der Waals surface area contributed by atoms with E-state index in [2.05, 4.69) is 0 Å². The molecule has 396 valence electrons. The number of rotatable bonds is 5. The third-order valence-electron chi connectivity index (χ3n) is 9.05. The predicted molar refractivity (Wildman–Crippen MR) is 109 cm³/mol. The SMILES string of the molecule is FC(F)(F)C(F)(C(F)(F)F)C1(F)C(F)(F)C(F)(F)C(F)(F)C(F)(C(F)(C(F)(F)F)C(F)(F)F)C1(F)F.FC(F)(F)C(F)(F)C(F)(F)C(F)(F)C1(F)C(F)(F)C(F)(F)C(F)(F)C(F)(F)C1(F)F. The van der Waals surface area contributed by atoms with Crippen LogP contribution in [0.1, 0.15) is 0 Å². The summed E-state index contributed by atoms with van der Waals surface area (Å²) in [5.41, 5.74) is -48.1. The molecule has 66 heavy (non-hydrogen) atoms. The lowest BCUT2D eigenvalue weighted by molar-refractivity contribution is -0.539. The standard InChI is InChI=1S/C12F24.C10F20/c13-1(3(15,9(25,26)27)10(28,29)30)5(17,18)2(14,4(16,11(31,32)33)12(34,35)36)7(21,22)8(23,24)6(1,19)20;11-1(4(16,17)7(22,23)9(26,27)10(28,29)30)2(12,13)5(18,19)8(24,25)6(20,21)3(1,14)15. The van der Waals surface area contributed by atoms with Gasteiger partial charge in [0.2, 0.25) is 0 Å². The summed E-state index contributed by atoms with van der Waals surface area (Å²) in [4.78, 5) is 0. The van der Waals surface area contributed by atoms with E-state index < -0.39 is 130 Å². The Labute approximate surface area is 325 Å². The van der Waals surface area contributed by atoms with Crippen molar-refractivity contribution in [2.24, 2.45) is 0 Å². The van der Waals surface area contributed by atoms with Gasteiger partial charge in [0.05, 0.1) is 0 Å². The summed E-state index contributed by atoms with van der Waals surface area (Å²) in [6.45, 7) is 0. The number of alkyl halides is 44. The Morgan fingerprint density at radius 3 is 0.515 bits per heavy atom. The highest BCUT2D eigenvalue weighted by atomic mass is 19.5. The summed E-state index contributed by atoms with van der Waals surface area (Å²) in [6.07, 6.45) is -43.8. The van der Waals surface area contributed by atoms with Gasteiger partial charge in [0, 0.05) is 0 Å². The van der Waals surface area contributed by atoms with E-state index in [-0.39, 0.29) is 0 Å². The molecular weight excluding hydrogens is 1100 g/mol. The maximum atomic E-state index is 14.5. The van der Waals surface area contributed by atoms with Crippen molar-refractivity contribution in [3.05, 3.63) is 0 Å². The van der Waals surface area contributed by atoms with Gasteiger partial charge < -0.3 is 0 Å². The summed E-state index contributed by atoms with van der Waals surface area (Å²) in [6, 6.07) is 0. The van der Waals surface area contributed by atoms with E-state index in [9.17, 15) is 193 Å². The molecule has 2 aliphatic carbocycles. The highest BCUT2D eigenvalue weighted by Gasteiger charge is 3.14. The van der Waals surface area contributed by atoms with Gasteiger partial charge in [0.15, 0.2) is 0 Å². The Morgan fingerprint density at radius 2 is 0.333 bits per heavy atom. The van der Waals surface area contributed by atoms with Crippen LogP contribution in [0.25, 0.3) is 0 Å². The van der Waals surface area contributed by atoms with E-state index in [4.69, 9.17) is 0 Å². The highest BCUT2D eigenvalue weighted by Crippen LogP contribution is 2.80. The van der Waals surface area contributed by atoms with Gasteiger partial charge in [0.25, 0.3) is 11.3 Å². The second kappa shape index (κ2) is 13.8. The van der Waals surface area contributed by atoms with Crippen LogP contribution in [0.15, 0.2) is 0 Å². The van der Waals surface area contributed by atoms with Crippen LogP contribution in [-0.2, 0) is 0 Å². The Balaban J connectivity index is 0.000000671. The van der Waals surface area contributed by atoms with Crippen molar-refractivity contribution in [3.63, 3.8) is 0 Å². The van der Waals surface area contributed by atoms with Crippen LogP contribution in [0.3, 0.4) is 0 Å². The average molecular weight is 1100 g/mol. The van der Waals surface area contributed by atoms with E-state index in [1.807, 2.05) is 0 Å². The molecule has 2 fully saturated rings. The molecule has 2 unspecified atom stereocenters. The van der Waals surface area contributed by atoms with Crippen LogP contribution >= 0.6 is 0 Å². The van der Waals surface area contributed by atoms with Gasteiger partial charge in [-0.2, -0.15) is 171 Å². The average Bonchev–Trinajstić information content (AvgIpc) is 3.05. The van der Waals surface area contributed by atoms with E-state index in [0.29, 0.717) is 0 Å². The number of hydrogen-bond acceptors (Lipinski definition) is 0. The summed E-state index contributed by atoms with van der Waals surface area (Å²) < 4.78 is 579. The first-order valence-electron chi connectivity index (χ1n) is 13.8. The number of hydrogen-bond donors (Lipinski definition) is 0. The zero-order valence-electron chi connectivity index (χ0n) is 27.6. The molecule has 2 aliphatic rings. The first kappa shape index (κ1) is 60.9. The Kier molecular flexibility index (Phi) is 12.8. The molecule has 2 rings (SSSR count). The molecule has 0 aromatic carbocycles. The van der Waals surface area contributed by atoms with Gasteiger partial charge in [-0.15, -0.1) is 0 Å². The molecule has 0 heterocycles. The molecule has 0 N–H and O–H groups in total. The summed E-state index contributed by atoms with van der Waals surface area (Å²) in [5, 5.41) is 0. The van der Waals surface area contributed by atoms with Crippen molar-refractivity contribution >= 4 is 0 Å². The monoisotopic (exact) mass is 1100 g/mol. The van der Waals surface area contributed by atoms with Crippen LogP contribution in [0.4, 0.5) is 193 Å². The Bertz CT molecular complexity index is 1690. The zero-order chi connectivity index (χ0) is 55.0. The Hall–Kier alpha value is -3.08. The molecule has 44 heteroatoms. The lowest BCUT2D eigenvalue weighted by atomic mass is 9.56. The molecule has 2 saturated carbocycles. The maximum Gasteiger partial charge on any atom is 0.460 e. The van der Waals surface area contributed by atoms with Gasteiger partial charge in [-0.3, -0.25) is 0 Å². The van der Waals surface area contributed by atoms with Crippen molar-refractivity contribution in [3.8, 4) is 0 Å². The highest BCUT2D eigenvalue weighted by molar-refractivity contribution is 5.40. The minimum atomic E-state index is -9.94. The molecule has 0 radical (unpaired) electrons. The van der Waals surface area contributed by atoms with Crippen LogP contribution in [0.5, 0.6) is 0 Å². The molecular formula is C22F44. The first-order valence-corrected chi connectivity index (χ1v) is 13.8. The normalized spacial score (nSPS) is 29.6. The minimum absolute atomic E-state index is 8.02. The van der Waals surface area contributed by atoms with Crippen LogP contribution in [0, 0.1) is 0 Å². The van der Waals surface area contributed by atoms with E-state index >= 15 is 0 Å². The first-order chi connectivity index (χ1) is 27.5. The molecule has 0 saturated heterocycles.